The molecule has 19 heavy (non-hydrogen) atoms. The fourth-order valence-corrected chi connectivity index (χ4v) is 1.60. The number of hydrogen-bond acceptors (Lipinski definition) is 2. The van der Waals surface area contributed by atoms with E-state index in [2.05, 4.69) is 10.6 Å². The van der Waals surface area contributed by atoms with E-state index in [0.717, 1.165) is 5.56 Å². The van der Waals surface area contributed by atoms with Gasteiger partial charge in [-0.05, 0) is 45.4 Å². The number of hydrogen-bond donors (Lipinski definition) is 2. The molecule has 0 spiro atoms. The summed E-state index contributed by atoms with van der Waals surface area (Å²) < 4.78 is 5.52. The molecule has 0 unspecified atom stereocenters. The molecule has 5 heteroatoms. The number of carbonyl (C=O) groups is 1. The summed E-state index contributed by atoms with van der Waals surface area (Å²) in [5, 5.41) is 6.11. The number of rotatable bonds is 4. The fraction of sp³-hybridized carbons (Fsp3) is 0.500. The molecule has 0 aliphatic rings. The van der Waals surface area contributed by atoms with Crippen LogP contribution in [0.25, 0.3) is 0 Å². The molecule has 0 saturated carbocycles. The Bertz CT molecular complexity index is 442. The van der Waals surface area contributed by atoms with Crippen LogP contribution in [0.15, 0.2) is 18.2 Å². The topological polar surface area (TPSA) is 50.4 Å². The van der Waals surface area contributed by atoms with Crippen molar-refractivity contribution in [2.75, 3.05) is 13.2 Å². The number of halogens is 1. The summed E-state index contributed by atoms with van der Waals surface area (Å²) in [6.07, 6.45) is 0. The second-order valence-electron chi connectivity index (χ2n) is 5.41. The molecule has 2 N–H and O–H groups in total. The number of amides is 2. The Morgan fingerprint density at radius 2 is 2.05 bits per heavy atom. The molecule has 0 saturated heterocycles. The highest BCUT2D eigenvalue weighted by atomic mass is 35.5. The third-order valence-corrected chi connectivity index (χ3v) is 2.53. The lowest BCUT2D eigenvalue weighted by molar-refractivity contribution is 0.228. The number of carbonyl (C=O) groups excluding carboxylic acids is 1. The molecule has 1 rings (SSSR count). The van der Waals surface area contributed by atoms with Gasteiger partial charge in [-0.1, -0.05) is 17.7 Å². The Hall–Kier alpha value is -1.42. The van der Waals surface area contributed by atoms with E-state index < -0.39 is 0 Å². The van der Waals surface area contributed by atoms with Crippen molar-refractivity contribution < 1.29 is 9.53 Å². The molecular formula is C14H21ClN2O2. The number of nitrogens with one attached hydrogen (secondary N) is 2. The summed E-state index contributed by atoms with van der Waals surface area (Å²) >= 11 is 6.00. The Labute approximate surface area is 119 Å². The van der Waals surface area contributed by atoms with Gasteiger partial charge in [0.25, 0.3) is 0 Å². The fourth-order valence-electron chi connectivity index (χ4n) is 1.43. The van der Waals surface area contributed by atoms with E-state index in [1.54, 1.807) is 6.07 Å². The zero-order valence-corrected chi connectivity index (χ0v) is 12.6. The average molecular weight is 285 g/mol. The Kier molecular flexibility index (Phi) is 5.48. The molecule has 0 heterocycles. The van der Waals surface area contributed by atoms with Crippen molar-refractivity contribution in [2.45, 2.75) is 33.2 Å². The van der Waals surface area contributed by atoms with Crippen LogP contribution in [0.2, 0.25) is 5.02 Å². The molecule has 4 nitrogen and oxygen atoms in total. The van der Waals surface area contributed by atoms with Crippen LogP contribution in [-0.2, 0) is 0 Å². The summed E-state index contributed by atoms with van der Waals surface area (Å²) in [6, 6.07) is 5.39. The van der Waals surface area contributed by atoms with Crippen molar-refractivity contribution in [1.29, 1.82) is 0 Å². The summed E-state index contributed by atoms with van der Waals surface area (Å²) in [5.41, 5.74) is 0.836. The van der Waals surface area contributed by atoms with Crippen molar-refractivity contribution in [3.63, 3.8) is 0 Å². The SMILES string of the molecule is Cc1ccc(Cl)c(OCCNC(=O)NC(C)(C)C)c1. The molecular weight excluding hydrogens is 264 g/mol. The van der Waals surface area contributed by atoms with Crippen LogP contribution >= 0.6 is 11.6 Å². The maximum Gasteiger partial charge on any atom is 0.315 e. The highest BCUT2D eigenvalue weighted by molar-refractivity contribution is 6.32. The number of aryl methyl sites for hydroxylation is 1. The molecule has 0 aromatic heterocycles. The van der Waals surface area contributed by atoms with Crippen LogP contribution in [-0.4, -0.2) is 24.7 Å². The summed E-state index contributed by atoms with van der Waals surface area (Å²) in [7, 11) is 0. The van der Waals surface area contributed by atoms with Gasteiger partial charge in [0.15, 0.2) is 0 Å². The van der Waals surface area contributed by atoms with E-state index in [0.29, 0.717) is 23.9 Å². The monoisotopic (exact) mass is 284 g/mol. The van der Waals surface area contributed by atoms with Crippen molar-refractivity contribution in [2.24, 2.45) is 0 Å². The second-order valence-corrected chi connectivity index (χ2v) is 5.82. The van der Waals surface area contributed by atoms with Crippen molar-refractivity contribution >= 4 is 17.6 Å². The van der Waals surface area contributed by atoms with Gasteiger partial charge in [0.1, 0.15) is 12.4 Å². The highest BCUT2D eigenvalue weighted by Crippen LogP contribution is 2.24. The van der Waals surface area contributed by atoms with Gasteiger partial charge in [-0.15, -0.1) is 0 Å². The summed E-state index contributed by atoms with van der Waals surface area (Å²) in [6.45, 7) is 8.55. The van der Waals surface area contributed by atoms with Crippen LogP contribution < -0.4 is 15.4 Å². The van der Waals surface area contributed by atoms with Crippen LogP contribution in [0.4, 0.5) is 4.79 Å². The zero-order valence-electron chi connectivity index (χ0n) is 11.8. The standard InChI is InChI=1S/C14H21ClN2O2/c1-10-5-6-11(15)12(9-10)19-8-7-16-13(18)17-14(2,3)4/h5-6,9H,7-8H2,1-4H3,(H2,16,17,18). The van der Waals surface area contributed by atoms with Gasteiger partial charge in [-0.3, -0.25) is 0 Å². The predicted octanol–water partition coefficient (Wildman–Crippen LogP) is 3.12. The zero-order chi connectivity index (χ0) is 14.5. The largest absolute Gasteiger partial charge is 0.490 e. The lowest BCUT2D eigenvalue weighted by Crippen LogP contribution is -2.47. The molecule has 0 atom stereocenters. The quantitative estimate of drug-likeness (QED) is 0.835. The molecule has 0 bridgehead atoms. The Morgan fingerprint density at radius 3 is 2.68 bits per heavy atom. The van der Waals surface area contributed by atoms with Gasteiger partial charge in [-0.25, -0.2) is 4.79 Å². The minimum absolute atomic E-state index is 0.202. The van der Waals surface area contributed by atoms with Gasteiger partial charge in [-0.2, -0.15) is 0 Å². The molecule has 1 aromatic carbocycles. The van der Waals surface area contributed by atoms with E-state index in [9.17, 15) is 4.79 Å². The minimum atomic E-state index is -0.245. The van der Waals surface area contributed by atoms with Crippen molar-refractivity contribution in [3.05, 3.63) is 28.8 Å². The van der Waals surface area contributed by atoms with E-state index in [1.165, 1.54) is 0 Å². The number of ether oxygens (including phenoxy) is 1. The molecule has 106 valence electrons. The van der Waals surface area contributed by atoms with E-state index in [-0.39, 0.29) is 11.6 Å². The lowest BCUT2D eigenvalue weighted by atomic mass is 10.1. The minimum Gasteiger partial charge on any atom is -0.490 e. The maximum atomic E-state index is 11.5. The van der Waals surface area contributed by atoms with Gasteiger partial charge >= 0.3 is 6.03 Å². The van der Waals surface area contributed by atoms with Gasteiger partial charge < -0.3 is 15.4 Å². The Balaban J connectivity index is 2.31. The van der Waals surface area contributed by atoms with Crippen LogP contribution in [0.1, 0.15) is 26.3 Å². The van der Waals surface area contributed by atoms with Crippen molar-refractivity contribution in [3.8, 4) is 5.75 Å². The molecule has 2 amide bonds. The van der Waals surface area contributed by atoms with E-state index >= 15 is 0 Å². The molecule has 1 aromatic rings. The third kappa shape index (κ3) is 6.34. The lowest BCUT2D eigenvalue weighted by Gasteiger charge is -2.20. The normalized spacial score (nSPS) is 11.0. The van der Waals surface area contributed by atoms with Crippen molar-refractivity contribution in [1.82, 2.24) is 10.6 Å². The number of benzene rings is 1. The first kappa shape index (κ1) is 15.6. The first-order valence-electron chi connectivity index (χ1n) is 6.23. The maximum absolute atomic E-state index is 11.5. The Morgan fingerprint density at radius 1 is 1.37 bits per heavy atom. The predicted molar refractivity (Wildman–Crippen MR) is 78.0 cm³/mol. The summed E-state index contributed by atoms with van der Waals surface area (Å²) in [4.78, 5) is 11.5. The molecule has 0 radical (unpaired) electrons. The van der Waals surface area contributed by atoms with E-state index in [1.807, 2.05) is 39.8 Å². The highest BCUT2D eigenvalue weighted by Gasteiger charge is 2.12. The van der Waals surface area contributed by atoms with Crippen LogP contribution in [0.3, 0.4) is 0 Å². The molecule has 0 aliphatic carbocycles. The van der Waals surface area contributed by atoms with Gasteiger partial charge in [0.2, 0.25) is 0 Å². The number of urea groups is 1. The van der Waals surface area contributed by atoms with Gasteiger partial charge in [0, 0.05) is 5.54 Å². The van der Waals surface area contributed by atoms with E-state index in [4.69, 9.17) is 16.3 Å². The smallest absolute Gasteiger partial charge is 0.315 e. The first-order chi connectivity index (χ1) is 8.78. The molecule has 0 aliphatic heterocycles. The first-order valence-corrected chi connectivity index (χ1v) is 6.61. The average Bonchev–Trinajstić information content (AvgIpc) is 2.26. The second kappa shape index (κ2) is 6.66. The van der Waals surface area contributed by atoms with Crippen LogP contribution in [0, 0.1) is 6.92 Å². The van der Waals surface area contributed by atoms with Crippen LogP contribution in [0.5, 0.6) is 5.75 Å². The van der Waals surface area contributed by atoms with Gasteiger partial charge in [0.05, 0.1) is 11.6 Å². The summed E-state index contributed by atoms with van der Waals surface area (Å²) in [5.74, 6) is 0.639. The third-order valence-electron chi connectivity index (χ3n) is 2.22. The molecule has 0 fully saturated rings.